The van der Waals surface area contributed by atoms with Crippen molar-refractivity contribution in [3.05, 3.63) is 70.3 Å². The van der Waals surface area contributed by atoms with Gasteiger partial charge in [0.2, 0.25) is 0 Å². The van der Waals surface area contributed by atoms with Gasteiger partial charge < -0.3 is 10.6 Å². The maximum Gasteiger partial charge on any atom is 0.323 e. The number of urea groups is 1. The molecule has 2 amide bonds. The summed E-state index contributed by atoms with van der Waals surface area (Å²) in [6.07, 6.45) is 3.45. The van der Waals surface area contributed by atoms with E-state index in [1.54, 1.807) is 6.20 Å². The van der Waals surface area contributed by atoms with Gasteiger partial charge in [0.1, 0.15) is 0 Å². The average molecular weight is 331 g/mol. The van der Waals surface area contributed by atoms with E-state index in [1.807, 2.05) is 61.5 Å². The number of nitrogens with one attached hydrogen (secondary N) is 2. The summed E-state index contributed by atoms with van der Waals surface area (Å²) < 4.78 is 0.983. The first-order valence-corrected chi connectivity index (χ1v) is 7.00. The zero-order valence-corrected chi connectivity index (χ0v) is 12.6. The van der Waals surface area contributed by atoms with Gasteiger partial charge in [-0.15, -0.1) is 0 Å². The van der Waals surface area contributed by atoms with Gasteiger partial charge in [-0.2, -0.15) is 0 Å². The molecule has 0 aliphatic carbocycles. The van der Waals surface area contributed by atoms with Crippen molar-refractivity contribution in [3.63, 3.8) is 0 Å². The number of anilines is 1. The lowest BCUT2D eigenvalue weighted by atomic mass is 10.2. The van der Waals surface area contributed by atoms with Crippen LogP contribution in [0.3, 0.4) is 0 Å². The molecule has 0 bridgehead atoms. The molecule has 0 radical (unpaired) electrons. The van der Waals surface area contributed by atoms with Crippen molar-refractivity contribution in [2.75, 3.05) is 5.32 Å². The van der Waals surface area contributed by atoms with Crippen molar-refractivity contribution in [2.24, 2.45) is 0 Å². The highest BCUT2D eigenvalue weighted by Crippen LogP contribution is 2.16. The summed E-state index contributed by atoms with van der Waals surface area (Å²) in [5, 5.41) is 5.45. The first-order chi connectivity index (χ1) is 9.65. The maximum atomic E-state index is 11.7. The second-order valence-corrected chi connectivity index (χ2v) is 5.18. The number of aryl methyl sites for hydroxylation is 1. The van der Waals surface area contributed by atoms with Crippen LogP contribution in [0.1, 0.15) is 11.1 Å². The highest BCUT2D eigenvalue weighted by Gasteiger charge is 1.99. The summed E-state index contributed by atoms with van der Waals surface area (Å²) in [6.45, 7) is 1.98. The number of carbonyl (C=O) groups is 1. The minimum Gasteiger partial charge on any atom is -0.314 e. The molecule has 0 spiro atoms. The Balaban J connectivity index is 1.91. The Bertz CT molecular complexity index is 638. The van der Waals surface area contributed by atoms with E-state index in [9.17, 15) is 4.79 Å². The summed E-state index contributed by atoms with van der Waals surface area (Å²) in [5.74, 6) is 0. The van der Waals surface area contributed by atoms with Gasteiger partial charge in [-0.1, -0.05) is 46.3 Å². The van der Waals surface area contributed by atoms with E-state index in [0.29, 0.717) is 0 Å². The van der Waals surface area contributed by atoms with Crippen LogP contribution in [0.4, 0.5) is 10.5 Å². The highest BCUT2D eigenvalue weighted by molar-refractivity contribution is 9.10. The molecule has 2 rings (SSSR count). The molecule has 0 unspecified atom stereocenters. The largest absolute Gasteiger partial charge is 0.323 e. The molecule has 2 aromatic carbocycles. The predicted molar refractivity (Wildman–Crippen MR) is 86.5 cm³/mol. The smallest absolute Gasteiger partial charge is 0.314 e. The van der Waals surface area contributed by atoms with Crippen LogP contribution < -0.4 is 10.6 Å². The molecule has 20 heavy (non-hydrogen) atoms. The molecule has 2 N–H and O–H groups in total. The van der Waals surface area contributed by atoms with E-state index in [-0.39, 0.29) is 6.03 Å². The molecule has 0 aliphatic heterocycles. The van der Waals surface area contributed by atoms with E-state index in [2.05, 4.69) is 26.6 Å². The Hall–Kier alpha value is -2.07. The van der Waals surface area contributed by atoms with Gasteiger partial charge in [0.25, 0.3) is 0 Å². The van der Waals surface area contributed by atoms with Crippen LogP contribution in [0, 0.1) is 6.92 Å². The topological polar surface area (TPSA) is 41.1 Å². The minimum absolute atomic E-state index is 0.265. The lowest BCUT2D eigenvalue weighted by Crippen LogP contribution is -2.23. The number of rotatable bonds is 3. The van der Waals surface area contributed by atoms with Gasteiger partial charge in [0, 0.05) is 16.4 Å². The Kier molecular flexibility index (Phi) is 4.96. The fraction of sp³-hybridized carbons (Fsp3) is 0.0625. The van der Waals surface area contributed by atoms with Crippen LogP contribution in [0.5, 0.6) is 0 Å². The normalized spacial score (nSPS) is 10.5. The molecule has 0 saturated carbocycles. The third-order valence-corrected chi connectivity index (χ3v) is 3.38. The van der Waals surface area contributed by atoms with Crippen LogP contribution in [-0.4, -0.2) is 6.03 Å². The first-order valence-electron chi connectivity index (χ1n) is 6.20. The molecule has 3 nitrogen and oxygen atoms in total. The molecule has 4 heteroatoms. The lowest BCUT2D eigenvalue weighted by Gasteiger charge is -2.05. The Morgan fingerprint density at radius 1 is 1.15 bits per heavy atom. The fourth-order valence-corrected chi connectivity index (χ4v) is 2.12. The standard InChI is InChI=1S/C16H15BrN2O/c1-12-5-4-7-14(11-12)19-16(20)18-10-9-13-6-2-3-8-15(13)17/h2-11H,1H3,(H2,18,19,20)/b10-9+. The van der Waals surface area contributed by atoms with Crippen molar-refractivity contribution in [1.82, 2.24) is 5.32 Å². The number of benzene rings is 2. The third kappa shape index (κ3) is 4.24. The molecule has 0 aromatic heterocycles. The van der Waals surface area contributed by atoms with E-state index < -0.39 is 0 Å². The van der Waals surface area contributed by atoms with Crippen LogP contribution in [-0.2, 0) is 0 Å². The van der Waals surface area contributed by atoms with Crippen LogP contribution >= 0.6 is 15.9 Å². The minimum atomic E-state index is -0.265. The number of halogens is 1. The molecular formula is C16H15BrN2O. The molecule has 2 aromatic rings. The van der Waals surface area contributed by atoms with Gasteiger partial charge in [0.05, 0.1) is 0 Å². The summed E-state index contributed by atoms with van der Waals surface area (Å²) >= 11 is 3.45. The third-order valence-electron chi connectivity index (χ3n) is 2.66. The number of hydrogen-bond acceptors (Lipinski definition) is 1. The summed E-state index contributed by atoms with van der Waals surface area (Å²) in [7, 11) is 0. The second-order valence-electron chi connectivity index (χ2n) is 4.32. The molecule has 0 heterocycles. The monoisotopic (exact) mass is 330 g/mol. The van der Waals surface area contributed by atoms with Crippen molar-refractivity contribution in [3.8, 4) is 0 Å². The highest BCUT2D eigenvalue weighted by atomic mass is 79.9. The second kappa shape index (κ2) is 6.91. The van der Waals surface area contributed by atoms with E-state index in [0.717, 1.165) is 21.3 Å². The fourth-order valence-electron chi connectivity index (χ4n) is 1.71. The number of amides is 2. The van der Waals surface area contributed by atoms with Crippen molar-refractivity contribution in [2.45, 2.75) is 6.92 Å². The molecule has 0 atom stereocenters. The van der Waals surface area contributed by atoms with Gasteiger partial charge in [-0.3, -0.25) is 0 Å². The van der Waals surface area contributed by atoms with Gasteiger partial charge in [-0.05, 0) is 42.3 Å². The van der Waals surface area contributed by atoms with Crippen LogP contribution in [0.15, 0.2) is 59.2 Å². The Morgan fingerprint density at radius 3 is 2.70 bits per heavy atom. The number of hydrogen-bond donors (Lipinski definition) is 2. The van der Waals surface area contributed by atoms with Crippen molar-refractivity contribution < 1.29 is 4.79 Å². The molecular weight excluding hydrogens is 316 g/mol. The summed E-state index contributed by atoms with van der Waals surface area (Å²) in [5.41, 5.74) is 2.88. The van der Waals surface area contributed by atoms with Crippen LogP contribution in [0.25, 0.3) is 6.08 Å². The van der Waals surface area contributed by atoms with E-state index in [4.69, 9.17) is 0 Å². The Labute approximate surface area is 126 Å². The summed E-state index contributed by atoms with van der Waals surface area (Å²) in [4.78, 5) is 11.7. The summed E-state index contributed by atoms with van der Waals surface area (Å²) in [6, 6.07) is 15.2. The van der Waals surface area contributed by atoms with Gasteiger partial charge >= 0.3 is 6.03 Å². The molecule has 0 fully saturated rings. The molecule has 102 valence electrons. The van der Waals surface area contributed by atoms with Gasteiger partial charge in [0.15, 0.2) is 0 Å². The molecule has 0 aliphatic rings. The predicted octanol–water partition coefficient (Wildman–Crippen LogP) is 4.55. The SMILES string of the molecule is Cc1cccc(NC(=O)N/C=C/c2ccccc2Br)c1. The average Bonchev–Trinajstić information content (AvgIpc) is 2.41. The maximum absolute atomic E-state index is 11.7. The van der Waals surface area contributed by atoms with Crippen molar-refractivity contribution in [1.29, 1.82) is 0 Å². The van der Waals surface area contributed by atoms with Crippen molar-refractivity contribution >= 4 is 33.7 Å². The quantitative estimate of drug-likeness (QED) is 0.851. The lowest BCUT2D eigenvalue weighted by molar-refractivity contribution is 0.255. The first kappa shape index (κ1) is 14.3. The zero-order valence-electron chi connectivity index (χ0n) is 11.1. The van der Waals surface area contributed by atoms with Gasteiger partial charge in [-0.25, -0.2) is 4.79 Å². The zero-order chi connectivity index (χ0) is 14.4. The van der Waals surface area contributed by atoms with E-state index in [1.165, 1.54) is 0 Å². The van der Waals surface area contributed by atoms with Crippen LogP contribution in [0.2, 0.25) is 0 Å². The Morgan fingerprint density at radius 2 is 1.95 bits per heavy atom. The number of carbonyl (C=O) groups excluding carboxylic acids is 1. The van der Waals surface area contributed by atoms with E-state index >= 15 is 0 Å². The molecule has 0 saturated heterocycles.